The predicted octanol–water partition coefficient (Wildman–Crippen LogP) is 6.75. The molecule has 2 heterocycles. The fourth-order valence-corrected chi connectivity index (χ4v) is 4.07. The van der Waals surface area contributed by atoms with Crippen molar-refractivity contribution < 1.29 is 13.5 Å². The Labute approximate surface area is 174 Å². The number of nitrogens with zero attached hydrogens (tertiary/aromatic N) is 2. The van der Waals surface area contributed by atoms with E-state index in [4.69, 9.17) is 9.72 Å². The maximum absolute atomic E-state index is 13.8. The van der Waals surface area contributed by atoms with Gasteiger partial charge in [0.25, 0.3) is 0 Å². The van der Waals surface area contributed by atoms with Crippen molar-refractivity contribution in [1.29, 1.82) is 0 Å². The lowest BCUT2D eigenvalue weighted by atomic mass is 10.0. The molecule has 0 amide bonds. The van der Waals surface area contributed by atoms with Gasteiger partial charge in [-0.15, -0.1) is 11.3 Å². The molecular weight excluding hydrogens is 392 g/mol. The minimum atomic E-state index is -0.757. The normalized spacial score (nSPS) is 11.3. The highest BCUT2D eigenvalue weighted by atomic mass is 32.1. The topological polar surface area (TPSA) is 47.0 Å². The molecule has 0 unspecified atom stereocenters. The van der Waals surface area contributed by atoms with Gasteiger partial charge in [0.1, 0.15) is 11.6 Å². The molecular formula is C22H25F2N3OS. The summed E-state index contributed by atoms with van der Waals surface area (Å²) in [4.78, 5) is 10.3. The van der Waals surface area contributed by atoms with Crippen LogP contribution in [0.2, 0.25) is 0 Å². The van der Waals surface area contributed by atoms with Gasteiger partial charge < -0.3 is 10.1 Å². The lowest BCUT2D eigenvalue weighted by Gasteiger charge is -2.09. The fourth-order valence-electron chi connectivity index (χ4n) is 2.86. The molecule has 0 fully saturated rings. The van der Waals surface area contributed by atoms with Crippen LogP contribution in [-0.2, 0) is 12.8 Å². The van der Waals surface area contributed by atoms with Crippen molar-refractivity contribution in [2.45, 2.75) is 40.5 Å². The number of nitrogens with one attached hydrogen (secondary N) is 1. The molecule has 1 aromatic carbocycles. The molecule has 0 atom stereocenters. The van der Waals surface area contributed by atoms with Crippen LogP contribution in [0.15, 0.2) is 36.5 Å². The Bertz CT molecular complexity index is 925. The van der Waals surface area contributed by atoms with Crippen LogP contribution in [0.3, 0.4) is 0 Å². The van der Waals surface area contributed by atoms with E-state index >= 15 is 0 Å². The molecule has 0 saturated heterocycles. The summed E-state index contributed by atoms with van der Waals surface area (Å²) in [5.74, 6) is -0.104. The van der Waals surface area contributed by atoms with Gasteiger partial charge in [0.05, 0.1) is 5.69 Å². The lowest BCUT2D eigenvalue weighted by Crippen LogP contribution is -2.01. The van der Waals surface area contributed by atoms with Crippen molar-refractivity contribution in [2.75, 3.05) is 5.32 Å². The van der Waals surface area contributed by atoms with E-state index < -0.39 is 17.4 Å². The molecule has 4 nitrogen and oxygen atoms in total. The third-order valence-electron chi connectivity index (χ3n) is 4.08. The van der Waals surface area contributed by atoms with Crippen molar-refractivity contribution in [1.82, 2.24) is 9.97 Å². The molecule has 1 N–H and O–H groups in total. The Hall–Kier alpha value is -2.54. The summed E-state index contributed by atoms with van der Waals surface area (Å²) in [6, 6.07) is 6.75. The molecule has 3 rings (SSSR count). The van der Waals surface area contributed by atoms with Crippen LogP contribution in [0.25, 0.3) is 0 Å². The van der Waals surface area contributed by atoms with Gasteiger partial charge in [0.15, 0.2) is 22.5 Å². The van der Waals surface area contributed by atoms with Crippen LogP contribution in [0, 0.1) is 23.5 Å². The van der Waals surface area contributed by atoms with Crippen LogP contribution in [0.1, 0.15) is 38.3 Å². The molecule has 0 radical (unpaired) electrons. The van der Waals surface area contributed by atoms with Gasteiger partial charge in [-0.05, 0) is 42.9 Å². The summed E-state index contributed by atoms with van der Waals surface area (Å²) in [5, 5.41) is 3.94. The molecule has 0 spiro atoms. The molecule has 0 bridgehead atoms. The molecule has 7 heteroatoms. The number of thiazole rings is 1. The minimum Gasteiger partial charge on any atom is -0.451 e. The van der Waals surface area contributed by atoms with Crippen molar-refractivity contribution in [3.63, 3.8) is 0 Å². The number of hydrogen-bond acceptors (Lipinski definition) is 5. The van der Waals surface area contributed by atoms with Crippen LogP contribution < -0.4 is 10.1 Å². The highest BCUT2D eigenvalue weighted by Crippen LogP contribution is 2.31. The number of para-hydroxylation sites is 1. The smallest absolute Gasteiger partial charge is 0.198 e. The largest absolute Gasteiger partial charge is 0.451 e. The molecule has 0 saturated carbocycles. The van der Waals surface area contributed by atoms with E-state index in [9.17, 15) is 8.78 Å². The van der Waals surface area contributed by atoms with E-state index in [1.165, 1.54) is 17.1 Å². The summed E-state index contributed by atoms with van der Waals surface area (Å²) in [6.07, 6.45) is 3.42. The second-order valence-electron chi connectivity index (χ2n) is 7.74. The zero-order chi connectivity index (χ0) is 21.0. The first kappa shape index (κ1) is 21.2. The summed E-state index contributed by atoms with van der Waals surface area (Å²) in [5.41, 5.74) is 1.11. The molecule has 154 valence electrons. The van der Waals surface area contributed by atoms with Crippen molar-refractivity contribution in [2.24, 2.45) is 11.8 Å². The fraction of sp³-hybridized carbons (Fsp3) is 0.364. The van der Waals surface area contributed by atoms with Crippen molar-refractivity contribution in [3.05, 3.63) is 58.7 Å². The summed E-state index contributed by atoms with van der Waals surface area (Å²) in [6.45, 7) is 8.73. The zero-order valence-corrected chi connectivity index (χ0v) is 17.8. The standard InChI is InChI=1S/C22H25F2N3OS/c1-13(2)10-18-19(11-14(3)4)29-22(26-18)27-20-12-15(8-9-25-20)28-21-16(23)6-5-7-17(21)24/h5-9,12-14H,10-11H2,1-4H3,(H,25,26,27). The van der Waals surface area contributed by atoms with E-state index in [0.717, 1.165) is 35.8 Å². The number of aromatic nitrogens is 2. The third-order valence-corrected chi connectivity index (χ3v) is 5.11. The Morgan fingerprint density at radius 3 is 2.38 bits per heavy atom. The SMILES string of the molecule is CC(C)Cc1nc(Nc2cc(Oc3c(F)cccc3F)ccn2)sc1CC(C)C. The molecule has 3 aromatic rings. The molecule has 0 aliphatic carbocycles. The van der Waals surface area contributed by atoms with Crippen LogP contribution >= 0.6 is 11.3 Å². The molecule has 0 aliphatic heterocycles. The molecule has 0 aliphatic rings. The average molecular weight is 418 g/mol. The monoisotopic (exact) mass is 417 g/mol. The maximum atomic E-state index is 13.8. The number of halogens is 2. The molecule has 29 heavy (non-hydrogen) atoms. The summed E-state index contributed by atoms with van der Waals surface area (Å²) in [7, 11) is 0. The first-order chi connectivity index (χ1) is 13.8. The van der Waals surface area contributed by atoms with Gasteiger partial charge in [-0.25, -0.2) is 18.7 Å². The Kier molecular flexibility index (Phi) is 6.79. The predicted molar refractivity (Wildman–Crippen MR) is 113 cm³/mol. The van der Waals surface area contributed by atoms with E-state index in [0.29, 0.717) is 17.7 Å². The highest BCUT2D eigenvalue weighted by Gasteiger charge is 2.15. The van der Waals surface area contributed by atoms with Gasteiger partial charge in [-0.3, -0.25) is 0 Å². The second kappa shape index (κ2) is 9.31. The summed E-state index contributed by atoms with van der Waals surface area (Å²) >= 11 is 1.62. The average Bonchev–Trinajstić information content (AvgIpc) is 2.98. The van der Waals surface area contributed by atoms with Crippen LogP contribution in [-0.4, -0.2) is 9.97 Å². The Balaban J connectivity index is 1.80. The van der Waals surface area contributed by atoms with E-state index in [1.807, 2.05) is 0 Å². The Morgan fingerprint density at radius 1 is 1.03 bits per heavy atom. The number of hydrogen-bond donors (Lipinski definition) is 1. The first-order valence-corrected chi connectivity index (χ1v) is 10.5. The van der Waals surface area contributed by atoms with Crippen molar-refractivity contribution >= 4 is 22.3 Å². The number of ether oxygens (including phenoxy) is 1. The lowest BCUT2D eigenvalue weighted by molar-refractivity contribution is 0.407. The van der Waals surface area contributed by atoms with Crippen LogP contribution in [0.5, 0.6) is 11.5 Å². The van der Waals surface area contributed by atoms with Gasteiger partial charge in [0, 0.05) is 17.1 Å². The number of pyridine rings is 1. The quantitative estimate of drug-likeness (QED) is 0.440. The van der Waals surface area contributed by atoms with E-state index in [1.54, 1.807) is 23.5 Å². The maximum Gasteiger partial charge on any atom is 0.198 e. The second-order valence-corrected chi connectivity index (χ2v) is 8.82. The molecule has 2 aromatic heterocycles. The third kappa shape index (κ3) is 5.73. The number of benzene rings is 1. The van der Waals surface area contributed by atoms with E-state index in [-0.39, 0.29) is 5.75 Å². The number of rotatable bonds is 8. The van der Waals surface area contributed by atoms with Crippen molar-refractivity contribution in [3.8, 4) is 11.5 Å². The minimum absolute atomic E-state index is 0.285. The van der Waals surface area contributed by atoms with Gasteiger partial charge >= 0.3 is 0 Å². The first-order valence-electron chi connectivity index (χ1n) is 9.65. The van der Waals surface area contributed by atoms with Gasteiger partial charge in [-0.2, -0.15) is 0 Å². The highest BCUT2D eigenvalue weighted by molar-refractivity contribution is 7.15. The van der Waals surface area contributed by atoms with Gasteiger partial charge in [-0.1, -0.05) is 33.8 Å². The summed E-state index contributed by atoms with van der Waals surface area (Å²) < 4.78 is 33.1. The number of anilines is 2. The zero-order valence-electron chi connectivity index (χ0n) is 17.0. The Morgan fingerprint density at radius 2 is 1.72 bits per heavy atom. The van der Waals surface area contributed by atoms with Gasteiger partial charge in [0.2, 0.25) is 0 Å². The van der Waals surface area contributed by atoms with Crippen LogP contribution in [0.4, 0.5) is 19.7 Å². The van der Waals surface area contributed by atoms with E-state index in [2.05, 4.69) is 38.0 Å².